The summed E-state index contributed by atoms with van der Waals surface area (Å²) in [5, 5.41) is 0. The van der Waals surface area contributed by atoms with Gasteiger partial charge in [-0.25, -0.2) is 0 Å². The Morgan fingerprint density at radius 2 is 1.95 bits per heavy atom. The Morgan fingerprint density at radius 3 is 2.81 bits per heavy atom. The smallest absolute Gasteiger partial charge is 0.163 e. The van der Waals surface area contributed by atoms with E-state index in [-0.39, 0.29) is 5.78 Å². The molecule has 3 heteroatoms. The van der Waals surface area contributed by atoms with Gasteiger partial charge in [0, 0.05) is 23.7 Å². The molecule has 3 aromatic rings. The third-order valence-electron chi connectivity index (χ3n) is 3.90. The number of carbonyl (C=O) groups excluding carboxylic acids is 1. The van der Waals surface area contributed by atoms with E-state index >= 15 is 0 Å². The van der Waals surface area contributed by atoms with Crippen LogP contribution in [0.2, 0.25) is 0 Å². The maximum absolute atomic E-state index is 11.7. The maximum atomic E-state index is 11.7. The minimum atomic E-state index is 0.244. The Kier molecular flexibility index (Phi) is 2.71. The number of furan rings is 1. The number of rotatable bonds is 2. The van der Waals surface area contributed by atoms with E-state index < -0.39 is 0 Å². The molecular formula is C18H13NO2. The van der Waals surface area contributed by atoms with Gasteiger partial charge in [0.05, 0.1) is 6.26 Å². The molecule has 0 bridgehead atoms. The summed E-state index contributed by atoms with van der Waals surface area (Å²) in [5.41, 5.74) is 4.88. The minimum Gasteiger partial charge on any atom is -0.462 e. The molecule has 3 nitrogen and oxygen atoms in total. The van der Waals surface area contributed by atoms with Crippen LogP contribution in [-0.2, 0) is 6.42 Å². The second-order valence-electron chi connectivity index (χ2n) is 5.17. The lowest BCUT2D eigenvalue weighted by molar-refractivity contribution is 0.0994. The van der Waals surface area contributed by atoms with Crippen molar-refractivity contribution in [2.75, 3.05) is 0 Å². The summed E-state index contributed by atoms with van der Waals surface area (Å²) in [6.07, 6.45) is 4.89. The van der Waals surface area contributed by atoms with Gasteiger partial charge in [0.2, 0.25) is 0 Å². The van der Waals surface area contributed by atoms with Crippen molar-refractivity contribution in [3.63, 3.8) is 0 Å². The Labute approximate surface area is 122 Å². The first-order valence-electron chi connectivity index (χ1n) is 6.98. The van der Waals surface area contributed by atoms with Crippen molar-refractivity contribution in [1.29, 1.82) is 0 Å². The molecule has 0 N–H and O–H groups in total. The van der Waals surface area contributed by atoms with E-state index in [0.717, 1.165) is 40.1 Å². The van der Waals surface area contributed by atoms with E-state index in [0.29, 0.717) is 6.42 Å². The van der Waals surface area contributed by atoms with Gasteiger partial charge in [-0.1, -0.05) is 24.3 Å². The molecule has 1 aliphatic carbocycles. The second kappa shape index (κ2) is 4.70. The molecule has 0 saturated carbocycles. The van der Waals surface area contributed by atoms with Crippen molar-refractivity contribution >= 4 is 5.78 Å². The van der Waals surface area contributed by atoms with Gasteiger partial charge in [-0.05, 0) is 35.7 Å². The largest absolute Gasteiger partial charge is 0.462 e. The van der Waals surface area contributed by atoms with Gasteiger partial charge < -0.3 is 4.42 Å². The van der Waals surface area contributed by atoms with Crippen LogP contribution in [0, 0.1) is 0 Å². The first-order valence-corrected chi connectivity index (χ1v) is 6.98. The molecule has 0 amide bonds. The Bertz CT molecular complexity index is 818. The molecule has 0 saturated heterocycles. The number of ketones is 1. The van der Waals surface area contributed by atoms with E-state index in [9.17, 15) is 4.79 Å². The fraction of sp³-hybridized carbons (Fsp3) is 0.111. The summed E-state index contributed by atoms with van der Waals surface area (Å²) in [7, 11) is 0. The monoisotopic (exact) mass is 275 g/mol. The molecular weight excluding hydrogens is 262 g/mol. The highest BCUT2D eigenvalue weighted by Gasteiger charge is 2.20. The van der Waals surface area contributed by atoms with Gasteiger partial charge >= 0.3 is 0 Å². The Hall–Kier alpha value is -2.68. The Balaban J connectivity index is 1.82. The molecule has 4 rings (SSSR count). The predicted molar refractivity (Wildman–Crippen MR) is 80.0 cm³/mol. The second-order valence-corrected chi connectivity index (χ2v) is 5.17. The first kappa shape index (κ1) is 12.1. The van der Waals surface area contributed by atoms with Crippen LogP contribution in [0.4, 0.5) is 0 Å². The van der Waals surface area contributed by atoms with Gasteiger partial charge in [-0.3, -0.25) is 9.78 Å². The van der Waals surface area contributed by atoms with Crippen LogP contribution in [-0.4, -0.2) is 10.8 Å². The SMILES string of the molecule is O=C1CCc2cc(-c3ccoc3-c3ccccn3)ccc21. The third-order valence-corrected chi connectivity index (χ3v) is 3.90. The first-order chi connectivity index (χ1) is 10.3. The van der Waals surface area contributed by atoms with Gasteiger partial charge in [-0.15, -0.1) is 0 Å². The molecule has 2 heterocycles. The highest BCUT2D eigenvalue weighted by atomic mass is 16.3. The van der Waals surface area contributed by atoms with E-state index in [4.69, 9.17) is 4.42 Å². The summed E-state index contributed by atoms with van der Waals surface area (Å²) >= 11 is 0. The molecule has 0 aliphatic heterocycles. The van der Waals surface area contributed by atoms with E-state index in [2.05, 4.69) is 11.1 Å². The summed E-state index contributed by atoms with van der Waals surface area (Å²) in [6.45, 7) is 0. The van der Waals surface area contributed by atoms with Crippen molar-refractivity contribution in [1.82, 2.24) is 4.98 Å². The summed E-state index contributed by atoms with van der Waals surface area (Å²) < 4.78 is 5.62. The number of aryl methyl sites for hydroxylation is 1. The minimum absolute atomic E-state index is 0.244. The number of nitrogens with zero attached hydrogens (tertiary/aromatic N) is 1. The van der Waals surface area contributed by atoms with Crippen LogP contribution < -0.4 is 0 Å². The molecule has 21 heavy (non-hydrogen) atoms. The number of fused-ring (bicyclic) bond motifs is 1. The molecule has 0 fully saturated rings. The number of benzene rings is 1. The van der Waals surface area contributed by atoms with Crippen LogP contribution >= 0.6 is 0 Å². The zero-order valence-electron chi connectivity index (χ0n) is 11.4. The van der Waals surface area contributed by atoms with Crippen molar-refractivity contribution in [3.05, 3.63) is 66.1 Å². The molecule has 2 aromatic heterocycles. The van der Waals surface area contributed by atoms with Crippen LogP contribution in [0.15, 0.2) is 59.3 Å². The molecule has 0 spiro atoms. The van der Waals surface area contributed by atoms with Crippen molar-refractivity contribution in [2.45, 2.75) is 12.8 Å². The number of Topliss-reactive ketones (excluding diaryl/α,β-unsaturated/α-hetero) is 1. The fourth-order valence-electron chi connectivity index (χ4n) is 2.85. The van der Waals surface area contributed by atoms with Crippen LogP contribution in [0.3, 0.4) is 0 Å². The zero-order valence-corrected chi connectivity index (χ0v) is 11.4. The summed E-state index contributed by atoms with van der Waals surface area (Å²) in [4.78, 5) is 16.1. The molecule has 0 atom stereocenters. The van der Waals surface area contributed by atoms with Crippen LogP contribution in [0.1, 0.15) is 22.3 Å². The number of pyridine rings is 1. The van der Waals surface area contributed by atoms with Crippen molar-refractivity contribution < 1.29 is 9.21 Å². The van der Waals surface area contributed by atoms with Gasteiger partial charge in [0.1, 0.15) is 5.69 Å². The van der Waals surface area contributed by atoms with E-state index in [1.807, 2.05) is 36.4 Å². The molecule has 1 aromatic carbocycles. The van der Waals surface area contributed by atoms with Crippen LogP contribution in [0.25, 0.3) is 22.6 Å². The highest BCUT2D eigenvalue weighted by molar-refractivity contribution is 6.01. The molecule has 1 aliphatic rings. The molecule has 0 unspecified atom stereocenters. The van der Waals surface area contributed by atoms with Crippen molar-refractivity contribution in [3.8, 4) is 22.6 Å². The summed E-state index contributed by atoms with van der Waals surface area (Å²) in [5.74, 6) is 1.01. The maximum Gasteiger partial charge on any atom is 0.163 e. The molecule has 0 radical (unpaired) electrons. The van der Waals surface area contributed by atoms with E-state index in [1.165, 1.54) is 0 Å². The highest BCUT2D eigenvalue weighted by Crippen LogP contribution is 2.34. The van der Waals surface area contributed by atoms with Crippen LogP contribution in [0.5, 0.6) is 0 Å². The fourth-order valence-corrected chi connectivity index (χ4v) is 2.85. The lowest BCUT2D eigenvalue weighted by Gasteiger charge is -2.05. The lowest BCUT2D eigenvalue weighted by atomic mass is 10.00. The number of aromatic nitrogens is 1. The Morgan fingerprint density at radius 1 is 1.00 bits per heavy atom. The van der Waals surface area contributed by atoms with Gasteiger partial charge in [0.25, 0.3) is 0 Å². The van der Waals surface area contributed by atoms with Crippen molar-refractivity contribution in [2.24, 2.45) is 0 Å². The topological polar surface area (TPSA) is 43.1 Å². The summed E-state index contributed by atoms with van der Waals surface area (Å²) in [6, 6.07) is 13.7. The lowest BCUT2D eigenvalue weighted by Crippen LogP contribution is -1.91. The number of hydrogen-bond acceptors (Lipinski definition) is 3. The normalized spacial score (nSPS) is 13.4. The average Bonchev–Trinajstić information content (AvgIpc) is 3.15. The number of carbonyl (C=O) groups is 1. The van der Waals surface area contributed by atoms with Gasteiger partial charge in [-0.2, -0.15) is 0 Å². The third kappa shape index (κ3) is 1.98. The zero-order chi connectivity index (χ0) is 14.2. The number of hydrogen-bond donors (Lipinski definition) is 0. The van der Waals surface area contributed by atoms with Gasteiger partial charge in [0.15, 0.2) is 11.5 Å². The average molecular weight is 275 g/mol. The standard InChI is InChI=1S/C18H13NO2/c20-17-7-5-12-11-13(4-6-14(12)17)15-8-10-21-18(15)16-3-1-2-9-19-16/h1-4,6,8-11H,5,7H2. The molecule has 102 valence electrons. The quantitative estimate of drug-likeness (QED) is 0.706. The van der Waals surface area contributed by atoms with E-state index in [1.54, 1.807) is 12.5 Å². The predicted octanol–water partition coefficient (Wildman–Crippen LogP) is 4.14.